The maximum absolute atomic E-state index is 13.9. The van der Waals surface area contributed by atoms with E-state index in [0.717, 1.165) is 11.3 Å². The zero-order chi connectivity index (χ0) is 13.6. The van der Waals surface area contributed by atoms with E-state index in [2.05, 4.69) is 5.10 Å². The molecule has 1 atom stereocenters. The summed E-state index contributed by atoms with van der Waals surface area (Å²) in [6.45, 7) is 0. The van der Waals surface area contributed by atoms with E-state index in [1.54, 1.807) is 6.07 Å². The summed E-state index contributed by atoms with van der Waals surface area (Å²) in [6.07, 6.45) is 0.601. The Balaban J connectivity index is 2.11. The lowest BCUT2D eigenvalue weighted by atomic mass is 10.2. The molecule has 0 fully saturated rings. The Hall–Kier alpha value is -0.750. The summed E-state index contributed by atoms with van der Waals surface area (Å²) in [4.78, 5) is 0. The van der Waals surface area contributed by atoms with E-state index >= 15 is 0 Å². The van der Waals surface area contributed by atoms with Gasteiger partial charge in [-0.15, -0.1) is 0 Å². The molecule has 0 bridgehead atoms. The summed E-state index contributed by atoms with van der Waals surface area (Å²) in [6, 6.07) is 4.32. The third kappa shape index (κ3) is 2.36. The Morgan fingerprint density at radius 1 is 1.37 bits per heavy atom. The molecular weight excluding hydrogens is 310 g/mol. The quantitative estimate of drug-likeness (QED) is 0.758. The zero-order valence-corrected chi connectivity index (χ0v) is 12.0. The van der Waals surface area contributed by atoms with Crippen molar-refractivity contribution in [2.45, 2.75) is 12.2 Å². The normalized spacial score (nSPS) is 18.4. The molecule has 0 N–H and O–H groups in total. The van der Waals surface area contributed by atoms with Crippen LogP contribution in [0, 0.1) is 5.82 Å². The van der Waals surface area contributed by atoms with E-state index < -0.39 is 17.0 Å². The van der Waals surface area contributed by atoms with Crippen molar-refractivity contribution in [2.75, 3.05) is 5.75 Å². The molecule has 3 rings (SSSR count). The second-order valence-corrected chi connectivity index (χ2v) is 6.63. The number of hydrogen-bond donors (Lipinski definition) is 0. The van der Waals surface area contributed by atoms with Crippen LogP contribution in [0.3, 0.4) is 0 Å². The molecule has 0 spiro atoms. The van der Waals surface area contributed by atoms with Crippen molar-refractivity contribution in [1.29, 1.82) is 0 Å². The van der Waals surface area contributed by atoms with Crippen LogP contribution in [-0.4, -0.2) is 20.1 Å². The van der Waals surface area contributed by atoms with Crippen molar-refractivity contribution in [3.63, 3.8) is 0 Å². The van der Waals surface area contributed by atoms with E-state index in [9.17, 15) is 8.94 Å². The van der Waals surface area contributed by atoms with Gasteiger partial charge in [0, 0.05) is 11.4 Å². The minimum atomic E-state index is -0.917. The lowest BCUT2D eigenvalue weighted by Gasteiger charge is -2.15. The highest BCUT2D eigenvalue weighted by molar-refractivity contribution is 7.90. The van der Waals surface area contributed by atoms with E-state index in [1.165, 1.54) is 16.8 Å². The van der Waals surface area contributed by atoms with E-state index in [0.29, 0.717) is 28.1 Å². The number of aryl methyl sites for hydroxylation is 1. The minimum absolute atomic E-state index is 0.245. The van der Waals surface area contributed by atoms with E-state index in [-0.39, 0.29) is 5.69 Å². The molecule has 0 saturated carbocycles. The number of rotatable bonds is 1. The van der Waals surface area contributed by atoms with E-state index in [4.69, 9.17) is 23.2 Å². The average Bonchev–Trinajstić information content (AvgIpc) is 2.67. The topological polar surface area (TPSA) is 40.9 Å². The third-order valence-electron chi connectivity index (χ3n) is 3.01. The highest BCUT2D eigenvalue weighted by atomic mass is 35.5. The average molecular weight is 319 g/mol. The van der Waals surface area contributed by atoms with E-state index in [1.807, 2.05) is 0 Å². The lowest BCUT2D eigenvalue weighted by molar-refractivity contribution is 0.590. The van der Waals surface area contributed by atoms with Crippen LogP contribution >= 0.6 is 23.2 Å². The van der Waals surface area contributed by atoms with Crippen molar-refractivity contribution < 1.29 is 8.94 Å². The molecule has 0 aliphatic carbocycles. The molecule has 3 nitrogen and oxygen atoms in total. The summed E-state index contributed by atoms with van der Waals surface area (Å²) in [5.41, 5.74) is 1.79. The largest absolute Gasteiger partial charge is 0.616 e. The number of aromatic nitrogens is 2. The molecule has 1 aliphatic rings. The standard InChI is InChI=1S/C12H9Cl2FN2OS/c13-7-1-2-11(9(15)5-7)17-12(14)8-6-19(18)4-3-10(8)16-17/h1-2,5H,3-4,6H2. The maximum Gasteiger partial charge on any atom is 0.150 e. The molecular formula is C12H9Cl2FN2OS. The van der Waals surface area contributed by atoms with Gasteiger partial charge in [0.1, 0.15) is 28.2 Å². The molecule has 0 radical (unpaired) electrons. The van der Waals surface area contributed by atoms with Gasteiger partial charge in [-0.1, -0.05) is 23.2 Å². The minimum Gasteiger partial charge on any atom is -0.616 e. The van der Waals surface area contributed by atoms with Crippen LogP contribution in [0.25, 0.3) is 5.69 Å². The van der Waals surface area contributed by atoms with Gasteiger partial charge in [-0.3, -0.25) is 0 Å². The SMILES string of the molecule is [O-][S+]1CCc2nn(-c3ccc(Cl)cc3F)c(Cl)c2C1. The molecule has 1 aromatic heterocycles. The highest BCUT2D eigenvalue weighted by Crippen LogP contribution is 2.30. The van der Waals surface area contributed by atoms with Crippen molar-refractivity contribution in [3.8, 4) is 5.69 Å². The van der Waals surface area contributed by atoms with Gasteiger partial charge in [-0.2, -0.15) is 5.10 Å². The lowest BCUT2D eigenvalue weighted by Crippen LogP contribution is -2.18. The molecule has 100 valence electrons. The number of nitrogens with zero attached hydrogens (tertiary/aromatic N) is 2. The van der Waals surface area contributed by atoms with Gasteiger partial charge in [-0.25, -0.2) is 9.07 Å². The summed E-state index contributed by atoms with van der Waals surface area (Å²) in [5.74, 6) is 0.461. The predicted molar refractivity (Wildman–Crippen MR) is 74.0 cm³/mol. The fraction of sp³-hybridized carbons (Fsp3) is 0.250. The molecule has 19 heavy (non-hydrogen) atoms. The summed E-state index contributed by atoms with van der Waals surface area (Å²) >= 11 is 11.0. The highest BCUT2D eigenvalue weighted by Gasteiger charge is 2.27. The second-order valence-electron chi connectivity index (χ2n) is 4.26. The van der Waals surface area contributed by atoms with Gasteiger partial charge in [-0.05, 0) is 29.4 Å². The van der Waals surface area contributed by atoms with Crippen LogP contribution in [-0.2, 0) is 23.3 Å². The number of halogens is 3. The van der Waals surface area contributed by atoms with Gasteiger partial charge >= 0.3 is 0 Å². The second kappa shape index (κ2) is 4.98. The van der Waals surface area contributed by atoms with Gasteiger partial charge in [0.25, 0.3) is 0 Å². The Bertz CT molecular complexity index is 647. The first kappa shape index (κ1) is 13.2. The number of fused-ring (bicyclic) bond motifs is 1. The van der Waals surface area contributed by atoms with Crippen LogP contribution in [0.2, 0.25) is 10.2 Å². The molecule has 7 heteroatoms. The first-order valence-corrected chi connectivity index (χ1v) is 7.87. The Morgan fingerprint density at radius 2 is 2.16 bits per heavy atom. The van der Waals surface area contributed by atoms with Gasteiger partial charge in [0.05, 0.1) is 11.3 Å². The fourth-order valence-electron chi connectivity index (χ4n) is 2.07. The van der Waals surface area contributed by atoms with Crippen LogP contribution < -0.4 is 0 Å². The Kier molecular flexibility index (Phi) is 3.47. The molecule has 0 saturated heterocycles. The maximum atomic E-state index is 13.9. The summed E-state index contributed by atoms with van der Waals surface area (Å²) < 4.78 is 26.8. The smallest absolute Gasteiger partial charge is 0.150 e. The first-order chi connectivity index (χ1) is 9.06. The monoisotopic (exact) mass is 318 g/mol. The molecule has 0 amide bonds. The molecule has 2 heterocycles. The number of hydrogen-bond acceptors (Lipinski definition) is 2. The van der Waals surface area contributed by atoms with Crippen molar-refractivity contribution in [3.05, 3.63) is 45.4 Å². The Morgan fingerprint density at radius 3 is 2.89 bits per heavy atom. The molecule has 1 unspecified atom stereocenters. The van der Waals surface area contributed by atoms with Crippen molar-refractivity contribution >= 4 is 34.4 Å². The third-order valence-corrected chi connectivity index (χ3v) is 4.91. The van der Waals surface area contributed by atoms with Gasteiger partial charge < -0.3 is 4.55 Å². The Labute approximate surface area is 122 Å². The number of benzene rings is 1. The predicted octanol–water partition coefficient (Wildman–Crippen LogP) is 3.12. The van der Waals surface area contributed by atoms with Crippen LogP contribution in [0.15, 0.2) is 18.2 Å². The zero-order valence-electron chi connectivity index (χ0n) is 9.70. The summed E-state index contributed by atoms with van der Waals surface area (Å²) in [7, 11) is 0. The van der Waals surface area contributed by atoms with Crippen LogP contribution in [0.5, 0.6) is 0 Å². The van der Waals surface area contributed by atoms with Crippen molar-refractivity contribution in [2.24, 2.45) is 0 Å². The van der Waals surface area contributed by atoms with Crippen LogP contribution in [0.1, 0.15) is 11.3 Å². The van der Waals surface area contributed by atoms with Gasteiger partial charge in [0.15, 0.2) is 0 Å². The van der Waals surface area contributed by atoms with Crippen LogP contribution in [0.4, 0.5) is 4.39 Å². The first-order valence-electron chi connectivity index (χ1n) is 5.63. The summed E-state index contributed by atoms with van der Waals surface area (Å²) in [5, 5.41) is 4.95. The molecule has 1 aromatic carbocycles. The fourth-order valence-corrected chi connectivity index (χ4v) is 3.81. The molecule has 1 aliphatic heterocycles. The van der Waals surface area contributed by atoms with Gasteiger partial charge in [0.2, 0.25) is 0 Å². The molecule has 2 aromatic rings. The van der Waals surface area contributed by atoms with Crippen molar-refractivity contribution in [1.82, 2.24) is 9.78 Å².